The normalized spacial score (nSPS) is 22.5. The van der Waals surface area contributed by atoms with Crippen LogP contribution in [-0.4, -0.2) is 49.4 Å². The second kappa shape index (κ2) is 8.21. The fraction of sp³-hybridized carbons (Fsp3) is 0.619. The van der Waals surface area contributed by atoms with Crippen LogP contribution in [0.3, 0.4) is 0 Å². The maximum Gasteiger partial charge on any atom is 0.228 e. The summed E-state index contributed by atoms with van der Waals surface area (Å²) in [5.74, 6) is 0.352. The molecule has 3 rings (SSSR count). The molecule has 2 amide bonds. The summed E-state index contributed by atoms with van der Waals surface area (Å²) >= 11 is 0. The van der Waals surface area contributed by atoms with Crippen LogP contribution in [0.25, 0.3) is 0 Å². The van der Waals surface area contributed by atoms with Crippen molar-refractivity contribution < 1.29 is 9.59 Å². The monoisotopic (exact) mass is 357 g/mol. The predicted molar refractivity (Wildman–Crippen MR) is 104 cm³/mol. The van der Waals surface area contributed by atoms with Gasteiger partial charge in [-0.3, -0.25) is 9.59 Å². The van der Waals surface area contributed by atoms with Crippen LogP contribution in [0.15, 0.2) is 24.3 Å². The van der Waals surface area contributed by atoms with Gasteiger partial charge in [-0.15, -0.1) is 0 Å². The van der Waals surface area contributed by atoms with Crippen molar-refractivity contribution in [2.45, 2.75) is 51.5 Å². The molecule has 0 bridgehead atoms. The van der Waals surface area contributed by atoms with Crippen molar-refractivity contribution in [2.75, 3.05) is 31.6 Å². The lowest BCUT2D eigenvalue weighted by atomic mass is 9.96. The quantitative estimate of drug-likeness (QED) is 0.882. The standard InChI is InChI=1S/C21H31N3O2/c1-4-15(2)18-7-5-6-8-19(18)24-14-16(13-20(24)25)21(26)23(3)17-9-11-22-12-10-17/h5-8,15-17,22H,4,9-14H2,1-3H3. The molecular formula is C21H31N3O2. The van der Waals surface area contributed by atoms with Crippen LogP contribution >= 0.6 is 0 Å². The van der Waals surface area contributed by atoms with E-state index in [0.29, 0.717) is 24.9 Å². The van der Waals surface area contributed by atoms with Crippen molar-refractivity contribution in [1.29, 1.82) is 0 Å². The van der Waals surface area contributed by atoms with Crippen molar-refractivity contribution in [1.82, 2.24) is 10.2 Å². The number of nitrogens with one attached hydrogen (secondary N) is 1. The highest BCUT2D eigenvalue weighted by Gasteiger charge is 2.38. The van der Waals surface area contributed by atoms with Crippen LogP contribution < -0.4 is 10.2 Å². The number of piperidine rings is 1. The molecule has 1 aromatic carbocycles. The molecule has 26 heavy (non-hydrogen) atoms. The van der Waals surface area contributed by atoms with E-state index in [1.807, 2.05) is 35.0 Å². The van der Waals surface area contributed by atoms with Crippen molar-refractivity contribution in [3.63, 3.8) is 0 Å². The van der Waals surface area contributed by atoms with Gasteiger partial charge in [0, 0.05) is 31.7 Å². The zero-order valence-corrected chi connectivity index (χ0v) is 16.2. The minimum Gasteiger partial charge on any atom is -0.342 e. The zero-order valence-electron chi connectivity index (χ0n) is 16.2. The van der Waals surface area contributed by atoms with Crippen molar-refractivity contribution >= 4 is 17.5 Å². The number of carbonyl (C=O) groups excluding carboxylic acids is 2. The Morgan fingerprint density at radius 2 is 2.00 bits per heavy atom. The first-order valence-electron chi connectivity index (χ1n) is 9.89. The van der Waals surface area contributed by atoms with Crippen molar-refractivity contribution in [3.8, 4) is 0 Å². The number of nitrogens with zero attached hydrogens (tertiary/aromatic N) is 2. The molecule has 2 atom stereocenters. The van der Waals surface area contributed by atoms with Gasteiger partial charge in [0.1, 0.15) is 0 Å². The zero-order chi connectivity index (χ0) is 18.7. The van der Waals surface area contributed by atoms with E-state index in [1.165, 1.54) is 5.56 Å². The predicted octanol–water partition coefficient (Wildman–Crippen LogP) is 2.76. The summed E-state index contributed by atoms with van der Waals surface area (Å²) in [4.78, 5) is 29.4. The molecule has 5 heteroatoms. The number of carbonyl (C=O) groups is 2. The van der Waals surface area contributed by atoms with Crippen LogP contribution in [-0.2, 0) is 9.59 Å². The molecule has 2 unspecified atom stereocenters. The summed E-state index contributed by atoms with van der Waals surface area (Å²) in [5, 5.41) is 3.34. The maximum atomic E-state index is 13.0. The number of hydrogen-bond donors (Lipinski definition) is 1. The Hall–Kier alpha value is -1.88. The van der Waals surface area contributed by atoms with Crippen LogP contribution in [0.1, 0.15) is 51.0 Å². The third kappa shape index (κ3) is 3.78. The Morgan fingerprint density at radius 3 is 2.69 bits per heavy atom. The molecule has 2 heterocycles. The highest BCUT2D eigenvalue weighted by molar-refractivity contribution is 6.00. The number of hydrogen-bond acceptors (Lipinski definition) is 3. The van der Waals surface area contributed by atoms with E-state index in [9.17, 15) is 9.59 Å². The molecule has 142 valence electrons. The van der Waals surface area contributed by atoms with Crippen LogP contribution in [0, 0.1) is 5.92 Å². The average molecular weight is 357 g/mol. The molecule has 2 fully saturated rings. The Morgan fingerprint density at radius 1 is 1.31 bits per heavy atom. The van der Waals surface area contributed by atoms with Gasteiger partial charge in [0.15, 0.2) is 0 Å². The molecule has 2 aliphatic heterocycles. The second-order valence-electron chi connectivity index (χ2n) is 7.70. The van der Waals surface area contributed by atoms with Gasteiger partial charge in [0.25, 0.3) is 0 Å². The van der Waals surface area contributed by atoms with Crippen LogP contribution in [0.2, 0.25) is 0 Å². The fourth-order valence-electron chi connectivity index (χ4n) is 4.14. The second-order valence-corrected chi connectivity index (χ2v) is 7.70. The molecule has 1 N–H and O–H groups in total. The molecular weight excluding hydrogens is 326 g/mol. The molecule has 2 aliphatic rings. The molecule has 0 radical (unpaired) electrons. The minimum atomic E-state index is -0.229. The van der Waals surface area contributed by atoms with E-state index in [0.717, 1.165) is 38.0 Å². The molecule has 1 aromatic rings. The van der Waals surface area contributed by atoms with E-state index in [-0.39, 0.29) is 17.7 Å². The maximum absolute atomic E-state index is 13.0. The Labute approximate surface area is 156 Å². The van der Waals surface area contributed by atoms with Crippen LogP contribution in [0.5, 0.6) is 0 Å². The molecule has 2 saturated heterocycles. The molecule has 5 nitrogen and oxygen atoms in total. The smallest absolute Gasteiger partial charge is 0.228 e. The Bertz CT molecular complexity index is 654. The lowest BCUT2D eigenvalue weighted by Crippen LogP contribution is -2.46. The summed E-state index contributed by atoms with van der Waals surface area (Å²) in [5.41, 5.74) is 2.18. The molecule has 0 saturated carbocycles. The van der Waals surface area contributed by atoms with Gasteiger partial charge in [-0.2, -0.15) is 0 Å². The van der Waals surface area contributed by atoms with E-state index >= 15 is 0 Å². The van der Waals surface area contributed by atoms with Gasteiger partial charge in [-0.05, 0) is 49.9 Å². The largest absolute Gasteiger partial charge is 0.342 e. The average Bonchev–Trinajstić information content (AvgIpc) is 3.08. The van der Waals surface area contributed by atoms with E-state index in [1.54, 1.807) is 0 Å². The first kappa shape index (κ1) is 18.9. The SMILES string of the molecule is CCC(C)c1ccccc1N1CC(C(=O)N(C)C2CCNCC2)CC1=O. The number of benzene rings is 1. The summed E-state index contributed by atoms with van der Waals surface area (Å²) < 4.78 is 0. The third-order valence-corrected chi connectivity index (χ3v) is 6.05. The Balaban J connectivity index is 1.74. The van der Waals surface area contributed by atoms with E-state index in [4.69, 9.17) is 0 Å². The summed E-state index contributed by atoms with van der Waals surface area (Å²) in [6.07, 6.45) is 3.33. The van der Waals surface area contributed by atoms with Gasteiger partial charge in [0.2, 0.25) is 11.8 Å². The van der Waals surface area contributed by atoms with Gasteiger partial charge in [-0.25, -0.2) is 0 Å². The lowest BCUT2D eigenvalue weighted by Gasteiger charge is -2.33. The number of amides is 2. The number of anilines is 1. The summed E-state index contributed by atoms with van der Waals surface area (Å²) in [6, 6.07) is 8.42. The van der Waals surface area contributed by atoms with E-state index in [2.05, 4.69) is 25.2 Å². The van der Waals surface area contributed by atoms with E-state index < -0.39 is 0 Å². The first-order chi connectivity index (χ1) is 12.5. The van der Waals surface area contributed by atoms with Gasteiger partial charge >= 0.3 is 0 Å². The molecule has 0 spiro atoms. The number of rotatable bonds is 5. The highest BCUT2D eigenvalue weighted by Crippen LogP contribution is 2.34. The third-order valence-electron chi connectivity index (χ3n) is 6.05. The lowest BCUT2D eigenvalue weighted by molar-refractivity contribution is -0.137. The van der Waals surface area contributed by atoms with Crippen molar-refractivity contribution in [3.05, 3.63) is 29.8 Å². The van der Waals surface area contributed by atoms with Crippen molar-refractivity contribution in [2.24, 2.45) is 5.92 Å². The minimum absolute atomic E-state index is 0.0674. The summed E-state index contributed by atoms with van der Waals surface area (Å²) in [6.45, 7) is 6.77. The highest BCUT2D eigenvalue weighted by atomic mass is 16.2. The Kier molecular flexibility index (Phi) is 5.97. The van der Waals surface area contributed by atoms with Crippen LogP contribution in [0.4, 0.5) is 5.69 Å². The topological polar surface area (TPSA) is 52.7 Å². The van der Waals surface area contributed by atoms with Gasteiger partial charge < -0.3 is 15.1 Å². The first-order valence-corrected chi connectivity index (χ1v) is 9.89. The fourth-order valence-corrected chi connectivity index (χ4v) is 4.14. The molecule has 0 aliphatic carbocycles. The van der Waals surface area contributed by atoms with Gasteiger partial charge in [-0.1, -0.05) is 32.0 Å². The number of para-hydroxylation sites is 1. The summed E-state index contributed by atoms with van der Waals surface area (Å²) in [7, 11) is 1.90. The molecule has 0 aromatic heterocycles. The van der Waals surface area contributed by atoms with Gasteiger partial charge in [0.05, 0.1) is 5.92 Å².